The van der Waals surface area contributed by atoms with Crippen molar-refractivity contribution >= 4 is 11.6 Å². The van der Waals surface area contributed by atoms with Crippen molar-refractivity contribution in [2.75, 3.05) is 43.6 Å². The zero-order valence-corrected chi connectivity index (χ0v) is 13.7. The van der Waals surface area contributed by atoms with Gasteiger partial charge in [-0.15, -0.1) is 0 Å². The molecule has 1 aromatic heterocycles. The number of morpholine rings is 1. The normalized spacial score (nSPS) is 24.3. The monoisotopic (exact) mass is 306 g/mol. The topological polar surface area (TPSA) is 59.5 Å². The average molecular weight is 306 g/mol. The Morgan fingerprint density at radius 1 is 1.41 bits per heavy atom. The Morgan fingerprint density at radius 2 is 2.23 bits per heavy atom. The van der Waals surface area contributed by atoms with Crippen LogP contribution in [0.25, 0.3) is 0 Å². The molecule has 3 rings (SSSR count). The van der Waals surface area contributed by atoms with Gasteiger partial charge in [0.25, 0.3) is 0 Å². The van der Waals surface area contributed by atoms with Crippen molar-refractivity contribution in [3.05, 3.63) is 12.4 Å². The van der Waals surface area contributed by atoms with Crippen molar-refractivity contribution in [2.24, 2.45) is 5.92 Å². The first-order chi connectivity index (χ1) is 10.6. The van der Waals surface area contributed by atoms with Gasteiger partial charge in [0.2, 0.25) is 0 Å². The van der Waals surface area contributed by atoms with Crippen molar-refractivity contribution in [3.8, 4) is 0 Å². The van der Waals surface area contributed by atoms with E-state index in [2.05, 4.69) is 34.0 Å². The molecule has 22 heavy (non-hydrogen) atoms. The highest BCUT2D eigenvalue weighted by molar-refractivity contribution is 5.49. The molecule has 0 unspecified atom stereocenters. The lowest BCUT2D eigenvalue weighted by molar-refractivity contribution is -0.106. The molecule has 1 aromatic rings. The molecule has 1 saturated heterocycles. The lowest BCUT2D eigenvalue weighted by Crippen LogP contribution is -2.54. The summed E-state index contributed by atoms with van der Waals surface area (Å²) in [5, 5.41) is 3.41. The van der Waals surface area contributed by atoms with E-state index in [0.717, 1.165) is 37.2 Å². The van der Waals surface area contributed by atoms with E-state index in [0.29, 0.717) is 6.61 Å². The third-order valence-corrected chi connectivity index (χ3v) is 4.08. The molecule has 0 spiro atoms. The number of aromatic nitrogens is 2. The van der Waals surface area contributed by atoms with Crippen LogP contribution in [-0.2, 0) is 9.47 Å². The van der Waals surface area contributed by atoms with E-state index in [1.54, 1.807) is 13.4 Å². The highest BCUT2D eigenvalue weighted by atomic mass is 16.5. The minimum absolute atomic E-state index is 0.0617. The Labute approximate surface area is 132 Å². The number of nitrogens with zero attached hydrogens (tertiary/aromatic N) is 3. The summed E-state index contributed by atoms with van der Waals surface area (Å²) in [4.78, 5) is 11.0. The third-order valence-electron chi connectivity index (χ3n) is 4.08. The lowest BCUT2D eigenvalue weighted by Gasteiger charge is -2.43. The number of hydrogen-bond donors (Lipinski definition) is 1. The quantitative estimate of drug-likeness (QED) is 0.866. The molecule has 1 N–H and O–H groups in total. The maximum absolute atomic E-state index is 6.06. The molecular formula is C16H26N4O2. The summed E-state index contributed by atoms with van der Waals surface area (Å²) in [5.74, 6) is 2.68. The molecule has 0 bridgehead atoms. The molecule has 0 amide bonds. The van der Waals surface area contributed by atoms with Crippen LogP contribution in [0.4, 0.5) is 11.6 Å². The first-order valence-electron chi connectivity index (χ1n) is 8.03. The molecule has 0 aromatic carbocycles. The number of ether oxygens (including phenoxy) is 2. The molecule has 2 fully saturated rings. The third kappa shape index (κ3) is 4.08. The minimum Gasteiger partial charge on any atom is -0.382 e. The Bertz CT molecular complexity index is 505. The van der Waals surface area contributed by atoms with Gasteiger partial charge < -0.3 is 19.7 Å². The van der Waals surface area contributed by atoms with E-state index < -0.39 is 0 Å². The van der Waals surface area contributed by atoms with E-state index in [-0.39, 0.29) is 11.7 Å². The van der Waals surface area contributed by atoms with Crippen molar-refractivity contribution in [1.29, 1.82) is 0 Å². The van der Waals surface area contributed by atoms with Crippen LogP contribution >= 0.6 is 0 Å². The molecule has 0 radical (unpaired) electrons. The SMILES string of the molecule is COC[C@@H]1CN(c2cc(NCC3CC3)ncn2)CC(C)(C)O1. The van der Waals surface area contributed by atoms with Crippen LogP contribution in [0.3, 0.4) is 0 Å². The van der Waals surface area contributed by atoms with Crippen LogP contribution < -0.4 is 10.2 Å². The molecule has 6 heteroatoms. The van der Waals surface area contributed by atoms with Crippen molar-refractivity contribution in [3.63, 3.8) is 0 Å². The number of rotatable bonds is 6. The van der Waals surface area contributed by atoms with Crippen LogP contribution in [0.5, 0.6) is 0 Å². The summed E-state index contributed by atoms with van der Waals surface area (Å²) in [7, 11) is 1.71. The second-order valence-corrected chi connectivity index (χ2v) is 6.92. The fourth-order valence-electron chi connectivity index (χ4n) is 2.93. The number of nitrogens with one attached hydrogen (secondary N) is 1. The van der Waals surface area contributed by atoms with Gasteiger partial charge >= 0.3 is 0 Å². The fourth-order valence-corrected chi connectivity index (χ4v) is 2.93. The van der Waals surface area contributed by atoms with Crippen molar-refractivity contribution < 1.29 is 9.47 Å². The summed E-state index contributed by atoms with van der Waals surface area (Å²) in [6.07, 6.45) is 4.37. The van der Waals surface area contributed by atoms with Gasteiger partial charge in [0.1, 0.15) is 18.0 Å². The molecule has 2 aliphatic rings. The second-order valence-electron chi connectivity index (χ2n) is 6.92. The van der Waals surface area contributed by atoms with E-state index in [4.69, 9.17) is 9.47 Å². The van der Waals surface area contributed by atoms with Crippen LogP contribution in [0.2, 0.25) is 0 Å². The number of anilines is 2. The summed E-state index contributed by atoms with van der Waals surface area (Å²) in [5.41, 5.74) is -0.214. The predicted molar refractivity (Wildman–Crippen MR) is 86.3 cm³/mol. The largest absolute Gasteiger partial charge is 0.382 e. The highest BCUT2D eigenvalue weighted by Gasteiger charge is 2.34. The first-order valence-corrected chi connectivity index (χ1v) is 8.03. The van der Waals surface area contributed by atoms with Crippen LogP contribution in [0.1, 0.15) is 26.7 Å². The first kappa shape index (κ1) is 15.5. The molecule has 1 atom stereocenters. The summed E-state index contributed by atoms with van der Waals surface area (Å²) in [6.45, 7) is 7.42. The fraction of sp³-hybridized carbons (Fsp3) is 0.750. The molecule has 2 heterocycles. The Morgan fingerprint density at radius 3 is 2.95 bits per heavy atom. The maximum Gasteiger partial charge on any atom is 0.134 e. The van der Waals surface area contributed by atoms with Gasteiger partial charge in [-0.05, 0) is 32.6 Å². The number of hydrogen-bond acceptors (Lipinski definition) is 6. The van der Waals surface area contributed by atoms with E-state index >= 15 is 0 Å². The van der Waals surface area contributed by atoms with Gasteiger partial charge in [-0.3, -0.25) is 0 Å². The van der Waals surface area contributed by atoms with Gasteiger partial charge in [0.15, 0.2) is 0 Å². The van der Waals surface area contributed by atoms with Gasteiger partial charge in [0, 0.05) is 32.8 Å². The molecule has 1 aliphatic heterocycles. The van der Waals surface area contributed by atoms with E-state index in [9.17, 15) is 0 Å². The van der Waals surface area contributed by atoms with Crippen molar-refractivity contribution in [1.82, 2.24) is 9.97 Å². The van der Waals surface area contributed by atoms with E-state index in [1.165, 1.54) is 12.8 Å². The highest BCUT2D eigenvalue weighted by Crippen LogP contribution is 2.29. The van der Waals surface area contributed by atoms with Gasteiger partial charge in [0.05, 0.1) is 18.3 Å². The van der Waals surface area contributed by atoms with Gasteiger partial charge in [-0.2, -0.15) is 0 Å². The van der Waals surface area contributed by atoms with E-state index in [1.807, 2.05) is 6.07 Å². The lowest BCUT2D eigenvalue weighted by atomic mass is 10.1. The zero-order valence-electron chi connectivity index (χ0n) is 13.7. The predicted octanol–water partition coefficient (Wildman–Crippen LogP) is 1.93. The smallest absolute Gasteiger partial charge is 0.134 e. The van der Waals surface area contributed by atoms with Crippen LogP contribution in [0.15, 0.2) is 12.4 Å². The Hall–Kier alpha value is -1.40. The van der Waals surface area contributed by atoms with Crippen molar-refractivity contribution in [2.45, 2.75) is 38.4 Å². The Balaban J connectivity index is 1.69. The molecule has 122 valence electrons. The van der Waals surface area contributed by atoms with Gasteiger partial charge in [-0.25, -0.2) is 9.97 Å². The van der Waals surface area contributed by atoms with Gasteiger partial charge in [-0.1, -0.05) is 0 Å². The molecular weight excluding hydrogens is 280 g/mol. The molecule has 1 aliphatic carbocycles. The minimum atomic E-state index is -0.214. The Kier molecular flexibility index (Phi) is 4.49. The summed E-state index contributed by atoms with van der Waals surface area (Å²) < 4.78 is 11.3. The number of methoxy groups -OCH3 is 1. The average Bonchev–Trinajstić information content (AvgIpc) is 3.28. The summed E-state index contributed by atoms with van der Waals surface area (Å²) >= 11 is 0. The second kappa shape index (κ2) is 6.38. The maximum atomic E-state index is 6.06. The summed E-state index contributed by atoms with van der Waals surface area (Å²) in [6, 6.07) is 2.04. The standard InChI is InChI=1S/C16H26N4O2/c1-16(2)10-20(8-13(22-16)9-21-3)15-6-14(18-11-19-15)17-7-12-4-5-12/h6,11-13H,4-5,7-10H2,1-3H3,(H,17,18,19)/t13-/m0/s1. The molecule has 6 nitrogen and oxygen atoms in total. The van der Waals surface area contributed by atoms with Crippen LogP contribution in [-0.4, -0.2) is 55.0 Å². The molecule has 1 saturated carbocycles. The van der Waals surface area contributed by atoms with Crippen LogP contribution in [0, 0.1) is 5.92 Å². The zero-order chi connectivity index (χ0) is 15.6.